The highest BCUT2D eigenvalue weighted by Crippen LogP contribution is 2.53. The summed E-state index contributed by atoms with van der Waals surface area (Å²) < 4.78 is 0. The van der Waals surface area contributed by atoms with Crippen LogP contribution in [0, 0.1) is 10.8 Å². The zero-order valence-corrected chi connectivity index (χ0v) is 19.0. The first-order chi connectivity index (χ1) is 13.1. The molecule has 0 spiro atoms. The maximum absolute atomic E-state index is 5.91. The van der Waals surface area contributed by atoms with E-state index in [1.807, 2.05) is 13.8 Å². The molecule has 0 aromatic heterocycles. The molecular formula is C25H50N2. The van der Waals surface area contributed by atoms with Crippen molar-refractivity contribution < 1.29 is 0 Å². The van der Waals surface area contributed by atoms with Crippen molar-refractivity contribution in [1.29, 1.82) is 0 Å². The minimum absolute atomic E-state index is 0.367. The average Bonchev–Trinajstić information content (AvgIpc) is 3.59. The molecule has 27 heavy (non-hydrogen) atoms. The second-order valence-corrected chi connectivity index (χ2v) is 9.19. The van der Waals surface area contributed by atoms with Crippen LogP contribution in [-0.2, 0) is 0 Å². The molecule has 2 aliphatic carbocycles. The van der Waals surface area contributed by atoms with Gasteiger partial charge in [-0.15, -0.1) is 0 Å². The van der Waals surface area contributed by atoms with E-state index in [-0.39, 0.29) is 0 Å². The van der Waals surface area contributed by atoms with Gasteiger partial charge in [0.2, 0.25) is 0 Å². The Morgan fingerprint density at radius 3 is 1.56 bits per heavy atom. The summed E-state index contributed by atoms with van der Waals surface area (Å²) in [6.45, 7) is 9.17. The summed E-state index contributed by atoms with van der Waals surface area (Å²) in [5.41, 5.74) is 7.99. The van der Waals surface area contributed by atoms with E-state index in [2.05, 4.69) is 18.9 Å². The highest BCUT2D eigenvalue weighted by molar-refractivity contribution is 5.14. The number of hydrogen-bond acceptors (Lipinski definition) is 2. The molecule has 2 nitrogen and oxygen atoms in total. The van der Waals surface area contributed by atoms with Gasteiger partial charge < -0.3 is 11.1 Å². The lowest BCUT2D eigenvalue weighted by Crippen LogP contribution is -2.13. The zero-order chi connectivity index (χ0) is 20.0. The van der Waals surface area contributed by atoms with Gasteiger partial charge in [0.1, 0.15) is 0 Å². The van der Waals surface area contributed by atoms with E-state index in [0.717, 1.165) is 11.1 Å². The molecule has 0 radical (unpaired) electrons. The van der Waals surface area contributed by atoms with Crippen molar-refractivity contribution >= 4 is 0 Å². The van der Waals surface area contributed by atoms with E-state index < -0.39 is 0 Å². The Morgan fingerprint density at radius 1 is 0.741 bits per heavy atom. The number of hydrogen-bond donors (Lipinski definition) is 2. The summed E-state index contributed by atoms with van der Waals surface area (Å²) in [5, 5.41) is 3.31. The fourth-order valence-corrected chi connectivity index (χ4v) is 4.45. The second-order valence-electron chi connectivity index (χ2n) is 9.19. The van der Waals surface area contributed by atoms with E-state index in [0.29, 0.717) is 5.41 Å². The topological polar surface area (TPSA) is 38.0 Å². The predicted molar refractivity (Wildman–Crippen MR) is 122 cm³/mol. The van der Waals surface area contributed by atoms with Crippen molar-refractivity contribution in [2.24, 2.45) is 16.6 Å². The molecule has 0 aromatic carbocycles. The first kappa shape index (κ1) is 24.5. The summed E-state index contributed by atoms with van der Waals surface area (Å²) in [4.78, 5) is 0. The third-order valence-corrected chi connectivity index (χ3v) is 7.01. The lowest BCUT2D eigenvalue weighted by atomic mass is 9.94. The number of nitrogens with one attached hydrogen (secondary N) is 1. The van der Waals surface area contributed by atoms with Gasteiger partial charge in [0.05, 0.1) is 0 Å². The van der Waals surface area contributed by atoms with Crippen LogP contribution in [0.2, 0.25) is 0 Å². The van der Waals surface area contributed by atoms with Crippen LogP contribution in [0.25, 0.3) is 0 Å². The zero-order valence-electron chi connectivity index (χ0n) is 19.0. The molecule has 0 heterocycles. The molecule has 0 bridgehead atoms. The largest absolute Gasteiger partial charge is 0.402 e. The fourth-order valence-electron chi connectivity index (χ4n) is 4.45. The normalized spacial score (nSPS) is 18.5. The number of unbranched alkanes of at least 4 members (excludes halogenated alkanes) is 9. The molecule has 0 aliphatic heterocycles. The Kier molecular flexibility index (Phi) is 12.4. The maximum atomic E-state index is 5.91. The smallest absolute Gasteiger partial charge is 0.00932 e. The highest BCUT2D eigenvalue weighted by Gasteiger charge is 2.43. The van der Waals surface area contributed by atoms with Crippen molar-refractivity contribution in [3.8, 4) is 0 Å². The van der Waals surface area contributed by atoms with Crippen LogP contribution in [0.15, 0.2) is 12.3 Å². The molecule has 0 atom stereocenters. The summed E-state index contributed by atoms with van der Waals surface area (Å²) in [6, 6.07) is 0. The highest BCUT2D eigenvalue weighted by atomic mass is 14.8. The third kappa shape index (κ3) is 10.0. The first-order valence-electron chi connectivity index (χ1n) is 12.2. The Labute approximate surface area is 171 Å². The van der Waals surface area contributed by atoms with Gasteiger partial charge in [0.15, 0.2) is 0 Å². The predicted octanol–water partition coefficient (Wildman–Crippen LogP) is 7.34. The molecule has 0 aromatic rings. The maximum Gasteiger partial charge on any atom is 0.00932 e. The fraction of sp³-hybridized carbons (Fsp3) is 0.920. The molecule has 3 N–H and O–H groups in total. The second kappa shape index (κ2) is 13.6. The van der Waals surface area contributed by atoms with Crippen molar-refractivity contribution in [3.63, 3.8) is 0 Å². The summed E-state index contributed by atoms with van der Waals surface area (Å²) in [5.74, 6) is 0. The standard InChI is InChI=1S/C23H44N2.C2H6/c1-21(24)23(17-18-23)14-12-10-8-6-4-3-5-7-9-11-13-22(15-16-22)19-20-25-2;1-2/h25H,1,3-20,24H2,2H3;1-2H3. The molecule has 160 valence electrons. The molecule has 2 rings (SSSR count). The minimum atomic E-state index is 0.367. The Hall–Kier alpha value is -0.500. The minimum Gasteiger partial charge on any atom is -0.402 e. The lowest BCUT2D eigenvalue weighted by molar-refractivity contribution is 0.397. The molecule has 2 aliphatic rings. The monoisotopic (exact) mass is 378 g/mol. The van der Waals surface area contributed by atoms with Gasteiger partial charge in [-0.25, -0.2) is 0 Å². The third-order valence-electron chi connectivity index (χ3n) is 7.01. The van der Waals surface area contributed by atoms with Crippen molar-refractivity contribution in [3.05, 3.63) is 12.3 Å². The van der Waals surface area contributed by atoms with Gasteiger partial charge >= 0.3 is 0 Å². The molecule has 2 fully saturated rings. The molecule has 0 unspecified atom stereocenters. The number of nitrogens with two attached hydrogens (primary N) is 1. The van der Waals surface area contributed by atoms with E-state index >= 15 is 0 Å². The molecule has 2 heteroatoms. The van der Waals surface area contributed by atoms with E-state index in [1.54, 1.807) is 0 Å². The van der Waals surface area contributed by atoms with Crippen molar-refractivity contribution in [2.75, 3.05) is 13.6 Å². The number of allylic oxidation sites excluding steroid dienone is 1. The van der Waals surface area contributed by atoms with Gasteiger partial charge in [0, 0.05) is 11.1 Å². The van der Waals surface area contributed by atoms with Gasteiger partial charge in [0.25, 0.3) is 0 Å². The van der Waals surface area contributed by atoms with Gasteiger partial charge in [-0.2, -0.15) is 0 Å². The summed E-state index contributed by atoms with van der Waals surface area (Å²) >= 11 is 0. The summed E-state index contributed by atoms with van der Waals surface area (Å²) in [7, 11) is 2.08. The van der Waals surface area contributed by atoms with E-state index in [1.165, 1.54) is 116 Å². The molecular weight excluding hydrogens is 328 g/mol. The van der Waals surface area contributed by atoms with Gasteiger partial charge in [-0.3, -0.25) is 0 Å². The van der Waals surface area contributed by atoms with Gasteiger partial charge in [-0.05, 0) is 64.0 Å². The van der Waals surface area contributed by atoms with Crippen molar-refractivity contribution in [1.82, 2.24) is 5.32 Å². The quantitative estimate of drug-likeness (QED) is 0.260. The van der Waals surface area contributed by atoms with E-state index in [4.69, 9.17) is 5.73 Å². The molecule has 0 amide bonds. The Morgan fingerprint density at radius 2 is 1.19 bits per heavy atom. The first-order valence-corrected chi connectivity index (χ1v) is 12.2. The van der Waals surface area contributed by atoms with Crippen molar-refractivity contribution in [2.45, 2.75) is 123 Å². The Bertz CT molecular complexity index is 380. The van der Waals surface area contributed by atoms with Crippen LogP contribution in [0.1, 0.15) is 123 Å². The van der Waals surface area contributed by atoms with Crippen LogP contribution < -0.4 is 11.1 Å². The summed E-state index contributed by atoms with van der Waals surface area (Å²) in [6.07, 6.45) is 24.1. The Balaban J connectivity index is 0.00000176. The van der Waals surface area contributed by atoms with Crippen LogP contribution in [0.4, 0.5) is 0 Å². The van der Waals surface area contributed by atoms with Gasteiger partial charge in [-0.1, -0.05) is 84.6 Å². The van der Waals surface area contributed by atoms with Crippen LogP contribution in [-0.4, -0.2) is 13.6 Å². The SMILES string of the molecule is C=C(N)C1(CCCCCCCCCCCCC2(CCNC)CC2)CC1.CC. The van der Waals surface area contributed by atoms with Crippen LogP contribution >= 0.6 is 0 Å². The molecule has 2 saturated carbocycles. The molecule has 0 saturated heterocycles. The van der Waals surface area contributed by atoms with Crippen LogP contribution in [0.3, 0.4) is 0 Å². The number of rotatable bonds is 17. The average molecular weight is 379 g/mol. The van der Waals surface area contributed by atoms with E-state index in [9.17, 15) is 0 Å². The lowest BCUT2D eigenvalue weighted by Gasteiger charge is -2.14. The van der Waals surface area contributed by atoms with Crippen LogP contribution in [0.5, 0.6) is 0 Å².